The van der Waals surface area contributed by atoms with E-state index in [1.807, 2.05) is 6.92 Å². The molecule has 1 rings (SSSR count). The van der Waals surface area contributed by atoms with E-state index in [4.69, 9.17) is 18.9 Å². The lowest BCUT2D eigenvalue weighted by atomic mass is 10.2. The number of methoxy groups -OCH3 is 1. The Bertz CT molecular complexity index is 258. The topological polar surface area (TPSA) is 66.0 Å². The van der Waals surface area contributed by atoms with Crippen molar-refractivity contribution >= 4 is 5.97 Å². The number of carbonyl (C=O) groups excluding carboxylic acids is 1. The lowest BCUT2D eigenvalue weighted by Crippen LogP contribution is -2.40. The molecule has 6 heteroatoms. The Hall–Kier alpha value is -0.690. The van der Waals surface area contributed by atoms with Gasteiger partial charge >= 0.3 is 5.97 Å². The largest absolute Gasteiger partial charge is 0.465 e. The van der Waals surface area contributed by atoms with Crippen molar-refractivity contribution in [1.82, 2.24) is 5.32 Å². The van der Waals surface area contributed by atoms with Crippen molar-refractivity contribution < 1.29 is 23.7 Å². The first-order chi connectivity index (χ1) is 9.77. The fraction of sp³-hybridized carbons (Fsp3) is 0.929. The Labute approximate surface area is 121 Å². The third-order valence-electron chi connectivity index (χ3n) is 2.94. The standard InChI is InChI=1S/C14H27NO5/c1-3-20-14(16)13(15-12-4-5-12)6-7-18-10-11-19-9-8-17-2/h12-13,15H,3-11H2,1-2H3. The number of hydrogen-bond acceptors (Lipinski definition) is 6. The number of carbonyl (C=O) groups is 1. The Morgan fingerprint density at radius 2 is 1.80 bits per heavy atom. The molecule has 1 fully saturated rings. The van der Waals surface area contributed by atoms with Gasteiger partial charge in [-0.25, -0.2) is 0 Å². The van der Waals surface area contributed by atoms with Crippen LogP contribution in [-0.2, 0) is 23.7 Å². The van der Waals surface area contributed by atoms with Crippen molar-refractivity contribution in [2.75, 3.05) is 46.8 Å². The highest BCUT2D eigenvalue weighted by Gasteiger charge is 2.28. The average molecular weight is 289 g/mol. The summed E-state index contributed by atoms with van der Waals surface area (Å²) in [5.74, 6) is -0.181. The Balaban J connectivity index is 2.04. The normalized spacial score (nSPS) is 16.1. The smallest absolute Gasteiger partial charge is 0.323 e. The summed E-state index contributed by atoms with van der Waals surface area (Å²) in [6.45, 7) is 5.00. The van der Waals surface area contributed by atoms with Crippen LogP contribution in [0, 0.1) is 0 Å². The molecule has 1 aliphatic rings. The van der Waals surface area contributed by atoms with Gasteiger partial charge < -0.3 is 24.3 Å². The van der Waals surface area contributed by atoms with Crippen molar-refractivity contribution in [1.29, 1.82) is 0 Å². The summed E-state index contributed by atoms with van der Waals surface area (Å²) in [5, 5.41) is 3.29. The molecule has 6 nitrogen and oxygen atoms in total. The predicted octanol–water partition coefficient (Wildman–Crippen LogP) is 0.740. The molecule has 1 atom stereocenters. The van der Waals surface area contributed by atoms with Gasteiger partial charge in [-0.3, -0.25) is 4.79 Å². The first-order valence-electron chi connectivity index (χ1n) is 7.35. The van der Waals surface area contributed by atoms with E-state index in [0.29, 0.717) is 52.1 Å². The Kier molecular flexibility index (Phi) is 9.57. The van der Waals surface area contributed by atoms with Crippen molar-refractivity contribution in [3.63, 3.8) is 0 Å². The van der Waals surface area contributed by atoms with Crippen LogP contribution in [0.3, 0.4) is 0 Å². The summed E-state index contributed by atoms with van der Waals surface area (Å²) in [5.41, 5.74) is 0. The molecule has 1 saturated carbocycles. The number of esters is 1. The summed E-state index contributed by atoms with van der Waals surface area (Å²) < 4.78 is 20.7. The lowest BCUT2D eigenvalue weighted by molar-refractivity contribution is -0.146. The first kappa shape index (κ1) is 17.4. The van der Waals surface area contributed by atoms with Gasteiger partial charge in [-0.15, -0.1) is 0 Å². The molecule has 0 aromatic carbocycles. The molecule has 1 aliphatic carbocycles. The van der Waals surface area contributed by atoms with Gasteiger partial charge in [-0.05, 0) is 26.2 Å². The van der Waals surface area contributed by atoms with Crippen molar-refractivity contribution in [2.45, 2.75) is 38.3 Å². The number of ether oxygens (including phenoxy) is 4. The summed E-state index contributed by atoms with van der Waals surface area (Å²) in [6, 6.07) is 0.221. The van der Waals surface area contributed by atoms with Crippen LogP contribution in [-0.4, -0.2) is 64.8 Å². The summed E-state index contributed by atoms with van der Waals surface area (Å²) >= 11 is 0. The van der Waals surface area contributed by atoms with Crippen LogP contribution in [0.2, 0.25) is 0 Å². The summed E-state index contributed by atoms with van der Waals surface area (Å²) in [6.07, 6.45) is 2.92. The molecule has 0 heterocycles. The molecular formula is C14H27NO5. The molecule has 1 N–H and O–H groups in total. The molecule has 0 aromatic heterocycles. The van der Waals surface area contributed by atoms with Gasteiger partial charge in [0.2, 0.25) is 0 Å². The van der Waals surface area contributed by atoms with Crippen molar-refractivity contribution in [3.8, 4) is 0 Å². The highest BCUT2D eigenvalue weighted by molar-refractivity contribution is 5.75. The quantitative estimate of drug-likeness (QED) is 0.398. The maximum absolute atomic E-state index is 11.8. The van der Waals surface area contributed by atoms with Crippen LogP contribution in [0.15, 0.2) is 0 Å². The van der Waals surface area contributed by atoms with E-state index in [2.05, 4.69) is 5.32 Å². The molecule has 0 saturated heterocycles. The molecule has 20 heavy (non-hydrogen) atoms. The van der Waals surface area contributed by atoms with Crippen LogP contribution in [0.4, 0.5) is 0 Å². The van der Waals surface area contributed by atoms with Gasteiger partial charge in [-0.1, -0.05) is 0 Å². The zero-order valence-electron chi connectivity index (χ0n) is 12.6. The van der Waals surface area contributed by atoms with E-state index in [1.54, 1.807) is 7.11 Å². The van der Waals surface area contributed by atoms with Gasteiger partial charge in [0.05, 0.1) is 33.0 Å². The number of rotatable bonds is 13. The molecule has 0 aromatic rings. The van der Waals surface area contributed by atoms with Crippen LogP contribution in [0.5, 0.6) is 0 Å². The van der Waals surface area contributed by atoms with Crippen LogP contribution in [0.25, 0.3) is 0 Å². The van der Waals surface area contributed by atoms with Gasteiger partial charge in [-0.2, -0.15) is 0 Å². The molecular weight excluding hydrogens is 262 g/mol. The zero-order chi connectivity index (χ0) is 14.6. The molecule has 0 aliphatic heterocycles. The molecule has 0 radical (unpaired) electrons. The fourth-order valence-corrected chi connectivity index (χ4v) is 1.71. The summed E-state index contributed by atoms with van der Waals surface area (Å²) in [4.78, 5) is 11.8. The van der Waals surface area contributed by atoms with E-state index in [-0.39, 0.29) is 12.0 Å². The molecule has 0 spiro atoms. The minimum atomic E-state index is -0.253. The monoisotopic (exact) mass is 289 g/mol. The zero-order valence-corrected chi connectivity index (χ0v) is 12.6. The number of hydrogen-bond donors (Lipinski definition) is 1. The minimum Gasteiger partial charge on any atom is -0.465 e. The van der Waals surface area contributed by atoms with Crippen molar-refractivity contribution in [3.05, 3.63) is 0 Å². The highest BCUT2D eigenvalue weighted by atomic mass is 16.5. The third-order valence-corrected chi connectivity index (χ3v) is 2.94. The number of nitrogens with one attached hydrogen (secondary N) is 1. The minimum absolute atomic E-state index is 0.181. The van der Waals surface area contributed by atoms with Crippen LogP contribution in [0.1, 0.15) is 26.2 Å². The predicted molar refractivity (Wildman–Crippen MR) is 74.7 cm³/mol. The first-order valence-corrected chi connectivity index (χ1v) is 7.35. The Morgan fingerprint density at radius 1 is 1.15 bits per heavy atom. The maximum atomic E-state index is 11.8. The van der Waals surface area contributed by atoms with E-state index >= 15 is 0 Å². The van der Waals surface area contributed by atoms with E-state index in [9.17, 15) is 4.79 Å². The van der Waals surface area contributed by atoms with Crippen molar-refractivity contribution in [2.24, 2.45) is 0 Å². The van der Waals surface area contributed by atoms with Gasteiger partial charge in [0.15, 0.2) is 0 Å². The van der Waals surface area contributed by atoms with Gasteiger partial charge in [0.1, 0.15) is 6.04 Å². The molecule has 1 unspecified atom stereocenters. The van der Waals surface area contributed by atoms with Crippen LogP contribution >= 0.6 is 0 Å². The SMILES string of the molecule is CCOC(=O)C(CCOCCOCCOC)NC1CC1. The van der Waals surface area contributed by atoms with E-state index in [0.717, 1.165) is 12.8 Å². The third kappa shape index (κ3) is 8.47. The van der Waals surface area contributed by atoms with Gasteiger partial charge in [0.25, 0.3) is 0 Å². The molecule has 0 amide bonds. The second-order valence-corrected chi connectivity index (χ2v) is 4.75. The summed E-state index contributed by atoms with van der Waals surface area (Å²) in [7, 11) is 1.64. The molecule has 118 valence electrons. The van der Waals surface area contributed by atoms with Gasteiger partial charge in [0, 0.05) is 19.8 Å². The lowest BCUT2D eigenvalue weighted by Gasteiger charge is -2.17. The second-order valence-electron chi connectivity index (χ2n) is 4.75. The maximum Gasteiger partial charge on any atom is 0.323 e. The molecule has 0 bridgehead atoms. The van der Waals surface area contributed by atoms with Crippen LogP contribution < -0.4 is 5.32 Å². The fourth-order valence-electron chi connectivity index (χ4n) is 1.71. The van der Waals surface area contributed by atoms with E-state index < -0.39 is 0 Å². The second kappa shape index (κ2) is 11.0. The van der Waals surface area contributed by atoms with E-state index in [1.165, 1.54) is 0 Å². The highest BCUT2D eigenvalue weighted by Crippen LogP contribution is 2.20. The average Bonchev–Trinajstić information content (AvgIpc) is 3.24. The Morgan fingerprint density at radius 3 is 2.40 bits per heavy atom.